The number of carboxylic acids is 1. The van der Waals surface area contributed by atoms with Crippen LogP contribution in [0.2, 0.25) is 0 Å². The van der Waals surface area contributed by atoms with E-state index >= 15 is 0 Å². The number of carboxylic acid groups (broad SMARTS) is 1. The zero-order chi connectivity index (χ0) is 13.4. The van der Waals surface area contributed by atoms with Crippen molar-refractivity contribution in [2.75, 3.05) is 0 Å². The van der Waals surface area contributed by atoms with Crippen LogP contribution in [0.25, 0.3) is 21.9 Å². The molecule has 0 atom stereocenters. The SMILES string of the molecule is O=C(O)Cn1c(-c2ccc(Br)s2)nc2cccnc21. The van der Waals surface area contributed by atoms with Gasteiger partial charge in [-0.15, -0.1) is 11.3 Å². The number of thiophene rings is 1. The molecule has 7 heteroatoms. The standard InChI is InChI=1S/C12H8BrN3O2S/c13-9-4-3-8(19-9)12-15-7-2-1-5-14-11(7)16(12)6-10(17)18/h1-5H,6H2,(H,17,18). The number of pyridine rings is 1. The lowest BCUT2D eigenvalue weighted by atomic mass is 10.4. The number of fused-ring (bicyclic) bond motifs is 1. The Labute approximate surface area is 120 Å². The molecule has 3 rings (SSSR count). The average molecular weight is 338 g/mol. The number of carbonyl (C=O) groups is 1. The fourth-order valence-corrected chi connectivity index (χ4v) is 3.25. The summed E-state index contributed by atoms with van der Waals surface area (Å²) in [6, 6.07) is 7.44. The normalized spacial score (nSPS) is 11.0. The number of nitrogens with zero attached hydrogens (tertiary/aromatic N) is 3. The molecule has 1 N–H and O–H groups in total. The van der Waals surface area contributed by atoms with Crippen LogP contribution in [0.15, 0.2) is 34.2 Å². The zero-order valence-corrected chi connectivity index (χ0v) is 12.0. The first kappa shape index (κ1) is 12.3. The van der Waals surface area contributed by atoms with Crippen LogP contribution >= 0.6 is 27.3 Å². The molecule has 0 aromatic carbocycles. The molecule has 19 heavy (non-hydrogen) atoms. The van der Waals surface area contributed by atoms with Crippen molar-refractivity contribution >= 4 is 44.4 Å². The van der Waals surface area contributed by atoms with Crippen LogP contribution in [-0.4, -0.2) is 25.6 Å². The van der Waals surface area contributed by atoms with Gasteiger partial charge in [-0.25, -0.2) is 9.97 Å². The number of imidazole rings is 1. The van der Waals surface area contributed by atoms with Gasteiger partial charge in [-0.3, -0.25) is 9.36 Å². The molecule has 5 nitrogen and oxygen atoms in total. The molecular formula is C12H8BrN3O2S. The quantitative estimate of drug-likeness (QED) is 0.797. The number of aliphatic carboxylic acids is 1. The van der Waals surface area contributed by atoms with E-state index in [1.807, 2.05) is 18.2 Å². The number of hydrogen-bond acceptors (Lipinski definition) is 4. The third kappa shape index (κ3) is 2.26. The summed E-state index contributed by atoms with van der Waals surface area (Å²) in [6.45, 7) is -0.154. The highest BCUT2D eigenvalue weighted by molar-refractivity contribution is 9.11. The maximum Gasteiger partial charge on any atom is 0.323 e. The van der Waals surface area contributed by atoms with Crippen LogP contribution in [0.4, 0.5) is 0 Å². The molecule has 0 amide bonds. The van der Waals surface area contributed by atoms with E-state index in [4.69, 9.17) is 5.11 Å². The van der Waals surface area contributed by atoms with E-state index in [1.54, 1.807) is 16.8 Å². The van der Waals surface area contributed by atoms with Gasteiger partial charge in [0.15, 0.2) is 11.5 Å². The summed E-state index contributed by atoms with van der Waals surface area (Å²) in [7, 11) is 0. The molecule has 0 radical (unpaired) electrons. The monoisotopic (exact) mass is 337 g/mol. The summed E-state index contributed by atoms with van der Waals surface area (Å²) < 4.78 is 2.60. The highest BCUT2D eigenvalue weighted by Gasteiger charge is 2.16. The molecule has 0 unspecified atom stereocenters. The number of rotatable bonds is 3. The molecule has 96 valence electrons. The minimum absolute atomic E-state index is 0.154. The number of halogens is 1. The lowest BCUT2D eigenvalue weighted by Crippen LogP contribution is -2.10. The Kier molecular flexibility index (Phi) is 3.08. The second-order valence-corrected chi connectivity index (χ2v) is 6.33. The zero-order valence-electron chi connectivity index (χ0n) is 9.58. The Bertz CT molecular complexity index is 765. The summed E-state index contributed by atoms with van der Waals surface area (Å²) >= 11 is 4.91. The van der Waals surface area contributed by atoms with Crippen LogP contribution in [0, 0.1) is 0 Å². The fourth-order valence-electron chi connectivity index (χ4n) is 1.87. The smallest absolute Gasteiger partial charge is 0.323 e. The lowest BCUT2D eigenvalue weighted by Gasteiger charge is -2.03. The minimum Gasteiger partial charge on any atom is -0.480 e. The Morgan fingerprint density at radius 1 is 1.42 bits per heavy atom. The Morgan fingerprint density at radius 2 is 2.26 bits per heavy atom. The van der Waals surface area contributed by atoms with Gasteiger partial charge in [0.1, 0.15) is 12.1 Å². The molecule has 0 saturated heterocycles. The van der Waals surface area contributed by atoms with Crippen molar-refractivity contribution in [3.63, 3.8) is 0 Å². The summed E-state index contributed by atoms with van der Waals surface area (Å²) in [5.41, 5.74) is 1.28. The van der Waals surface area contributed by atoms with E-state index in [1.165, 1.54) is 11.3 Å². The van der Waals surface area contributed by atoms with Gasteiger partial charge in [0.2, 0.25) is 0 Å². The van der Waals surface area contributed by atoms with Crippen LogP contribution in [0.1, 0.15) is 0 Å². The number of hydrogen-bond donors (Lipinski definition) is 1. The Morgan fingerprint density at radius 3 is 2.95 bits per heavy atom. The number of aromatic nitrogens is 3. The second-order valence-electron chi connectivity index (χ2n) is 3.87. The molecule has 0 saturated carbocycles. The molecule has 3 aromatic rings. The van der Waals surface area contributed by atoms with Gasteiger partial charge >= 0.3 is 5.97 Å². The molecule has 3 aromatic heterocycles. The van der Waals surface area contributed by atoms with Crippen molar-refractivity contribution in [3.05, 3.63) is 34.2 Å². The van der Waals surface area contributed by atoms with Gasteiger partial charge in [0, 0.05) is 6.20 Å². The molecule has 3 heterocycles. The van der Waals surface area contributed by atoms with E-state index in [9.17, 15) is 4.79 Å². The fraction of sp³-hybridized carbons (Fsp3) is 0.0833. The van der Waals surface area contributed by atoms with Crippen LogP contribution in [0.5, 0.6) is 0 Å². The molecule has 0 aliphatic heterocycles. The van der Waals surface area contributed by atoms with Gasteiger partial charge < -0.3 is 5.11 Å². The van der Waals surface area contributed by atoms with E-state index in [0.717, 1.165) is 8.66 Å². The molecule has 0 bridgehead atoms. The van der Waals surface area contributed by atoms with Crippen molar-refractivity contribution in [2.45, 2.75) is 6.54 Å². The van der Waals surface area contributed by atoms with Crippen LogP contribution in [-0.2, 0) is 11.3 Å². The van der Waals surface area contributed by atoms with E-state index < -0.39 is 5.97 Å². The Hall–Kier alpha value is -1.73. The van der Waals surface area contributed by atoms with Crippen molar-refractivity contribution < 1.29 is 9.90 Å². The topological polar surface area (TPSA) is 68.0 Å². The van der Waals surface area contributed by atoms with E-state index in [2.05, 4.69) is 25.9 Å². The van der Waals surface area contributed by atoms with Crippen LogP contribution < -0.4 is 0 Å². The molecule has 0 spiro atoms. The van der Waals surface area contributed by atoms with Crippen LogP contribution in [0.3, 0.4) is 0 Å². The van der Waals surface area contributed by atoms with Gasteiger partial charge in [0.25, 0.3) is 0 Å². The van der Waals surface area contributed by atoms with Gasteiger partial charge in [0.05, 0.1) is 8.66 Å². The van der Waals surface area contributed by atoms with Crippen molar-refractivity contribution in [2.24, 2.45) is 0 Å². The Balaban J connectivity index is 2.25. The largest absolute Gasteiger partial charge is 0.480 e. The third-order valence-corrected chi connectivity index (χ3v) is 4.21. The van der Waals surface area contributed by atoms with E-state index in [-0.39, 0.29) is 6.54 Å². The molecule has 0 aliphatic carbocycles. The first-order valence-corrected chi connectivity index (χ1v) is 7.05. The van der Waals surface area contributed by atoms with Gasteiger partial charge in [-0.1, -0.05) is 0 Å². The molecule has 0 fully saturated rings. The average Bonchev–Trinajstić information content (AvgIpc) is 2.94. The summed E-state index contributed by atoms with van der Waals surface area (Å²) in [4.78, 5) is 20.6. The van der Waals surface area contributed by atoms with Crippen molar-refractivity contribution in [3.8, 4) is 10.7 Å². The highest BCUT2D eigenvalue weighted by Crippen LogP contribution is 2.32. The molecule has 0 aliphatic rings. The lowest BCUT2D eigenvalue weighted by molar-refractivity contribution is -0.137. The van der Waals surface area contributed by atoms with Gasteiger partial charge in [-0.2, -0.15) is 0 Å². The highest BCUT2D eigenvalue weighted by atomic mass is 79.9. The van der Waals surface area contributed by atoms with E-state index in [0.29, 0.717) is 17.0 Å². The van der Waals surface area contributed by atoms with Crippen molar-refractivity contribution in [1.82, 2.24) is 14.5 Å². The second kappa shape index (κ2) is 4.75. The maximum absolute atomic E-state index is 11.0. The predicted molar refractivity (Wildman–Crippen MR) is 76.2 cm³/mol. The van der Waals surface area contributed by atoms with Gasteiger partial charge in [-0.05, 0) is 40.2 Å². The summed E-state index contributed by atoms with van der Waals surface area (Å²) in [6.07, 6.45) is 1.64. The molecular weight excluding hydrogens is 330 g/mol. The summed E-state index contributed by atoms with van der Waals surface area (Å²) in [5.74, 6) is -0.284. The summed E-state index contributed by atoms with van der Waals surface area (Å²) in [5, 5.41) is 9.04. The first-order chi connectivity index (χ1) is 9.15. The minimum atomic E-state index is -0.915. The first-order valence-electron chi connectivity index (χ1n) is 5.44. The van der Waals surface area contributed by atoms with Crippen molar-refractivity contribution in [1.29, 1.82) is 0 Å². The maximum atomic E-state index is 11.0. The third-order valence-electron chi connectivity index (χ3n) is 2.59. The predicted octanol–water partition coefficient (Wildman–Crippen LogP) is 3.01.